The lowest BCUT2D eigenvalue weighted by atomic mass is 10.8. The maximum Gasteiger partial charge on any atom is 0.0379 e. The van der Waals surface area contributed by atoms with Crippen LogP contribution in [0.15, 0.2) is 0 Å². The van der Waals surface area contributed by atoms with Gasteiger partial charge in [0.25, 0.3) is 0 Å². The number of hydrogen-bond donors (Lipinski definition) is 0. The lowest BCUT2D eigenvalue weighted by Crippen LogP contribution is -0.856. The molecule has 0 nitrogen and oxygen atoms in total. The van der Waals surface area contributed by atoms with Gasteiger partial charge in [-0.2, -0.15) is 0 Å². The normalized spacial score (nSPS) is 3.33. The molecule has 0 saturated heterocycles. The third-order valence-corrected chi connectivity index (χ3v) is 0. The predicted octanol–water partition coefficient (Wildman–Crippen LogP) is 3.46. The van der Waals surface area contributed by atoms with E-state index in [1.165, 1.54) is 0 Å². The van der Waals surface area contributed by atoms with Crippen molar-refractivity contribution >= 4 is 8.38 Å². The molecule has 0 bridgehead atoms. The van der Waals surface area contributed by atoms with Crippen molar-refractivity contribution in [1.29, 1.82) is 1.34 Å². The van der Waals surface area contributed by atoms with Crippen molar-refractivity contribution in [3.8, 4) is 0 Å². The van der Waals surface area contributed by atoms with Gasteiger partial charge in [-0.1, -0.05) is 55.4 Å². The second-order valence-corrected chi connectivity index (χ2v) is 0. The maximum absolute atomic E-state index is 5.25. The lowest BCUT2D eigenvalue weighted by Gasteiger charge is -1.07. The van der Waals surface area contributed by atoms with E-state index in [0.29, 0.717) is 0 Å². The van der Waals surface area contributed by atoms with Crippen LogP contribution in [-0.4, -0.2) is 9.71 Å². The Bertz CT molecular complexity index is 9.22. The molecule has 0 aliphatic carbocycles. The predicted molar refractivity (Wildman–Crippen MR) is 52.5 cm³/mol. The van der Waals surface area contributed by atoms with Gasteiger partial charge in [-0.3, -0.25) is 0 Å². The molecule has 0 aliphatic rings. The van der Waals surface area contributed by atoms with Gasteiger partial charge in [-0.15, -0.1) is 0 Å². The average Bonchev–Trinajstić information content (AvgIpc) is 2.20. The molecule has 0 heterocycles. The topological polar surface area (TPSA) is 0 Å². The summed E-state index contributed by atoms with van der Waals surface area (Å²) in [6, 6.07) is 0. The summed E-state index contributed by atoms with van der Waals surface area (Å²) in [4.78, 5) is 0. The number of rotatable bonds is 0. The van der Waals surface area contributed by atoms with E-state index in [9.17, 15) is 0 Å². The Morgan fingerprint density at radius 3 is 0.556 bits per heavy atom. The molecule has 60 valence electrons. The van der Waals surface area contributed by atoms with Crippen LogP contribution in [0.5, 0.6) is 0 Å². The molecule has 0 aromatic carbocycles. The molecular formula is C8H25B. The van der Waals surface area contributed by atoms with Crippen molar-refractivity contribution in [3.05, 3.63) is 0 Å². The Balaban J connectivity index is -0.0000000104. The summed E-state index contributed by atoms with van der Waals surface area (Å²) >= 11 is 0. The van der Waals surface area contributed by atoms with Gasteiger partial charge in [-0.25, -0.2) is 0 Å². The molecular weight excluding hydrogens is 107 g/mol. The van der Waals surface area contributed by atoms with Crippen LogP contribution in [0.3, 0.4) is 0 Å². The van der Waals surface area contributed by atoms with Gasteiger partial charge in [0, 0.05) is 8.38 Å². The molecule has 0 spiro atoms. The third kappa shape index (κ3) is 70400. The Hall–Kier alpha value is 0.0649. The van der Waals surface area contributed by atoms with Crippen LogP contribution in [0.25, 0.3) is 0 Å². The van der Waals surface area contributed by atoms with E-state index in [0.717, 1.165) is 0 Å². The van der Waals surface area contributed by atoms with Gasteiger partial charge in [0.05, 0.1) is 0 Å². The summed E-state index contributed by atoms with van der Waals surface area (Å²) in [6.07, 6.45) is 0. The van der Waals surface area contributed by atoms with Gasteiger partial charge >= 0.3 is 0 Å². The smallest absolute Gasteiger partial charge is 0.0379 e. The largest absolute Gasteiger partial charge is 0.0683 e. The molecule has 0 fully saturated rings. The van der Waals surface area contributed by atoms with Gasteiger partial charge in [-0.05, 0) is 1.34 Å². The summed E-state index contributed by atoms with van der Waals surface area (Å²) in [6.45, 7) is 16.0. The second kappa shape index (κ2) is 95500. The van der Waals surface area contributed by atoms with Crippen molar-refractivity contribution in [3.63, 3.8) is 0 Å². The molecule has 0 rings (SSSR count). The van der Waals surface area contributed by atoms with Gasteiger partial charge < -0.3 is 0 Å². The highest BCUT2D eigenvalue weighted by molar-refractivity contribution is 5.75. The summed E-state index contributed by atoms with van der Waals surface area (Å²) < 4.78 is 5.25. The Morgan fingerprint density at radius 2 is 0.556 bits per heavy atom. The van der Waals surface area contributed by atoms with E-state index < -0.39 is 0 Å². The first-order valence-corrected chi connectivity index (χ1v) is 4.00. The Labute approximate surface area is 66.0 Å². The second-order valence-electron chi connectivity index (χ2n) is 0. The van der Waals surface area contributed by atoms with E-state index in [-0.39, 0.29) is 0 Å². The molecule has 0 saturated carbocycles. The molecule has 2 radical (unpaired) electrons. The minimum atomic E-state index is 2.00. The summed E-state index contributed by atoms with van der Waals surface area (Å²) in [5.74, 6) is 0. The fourth-order valence-corrected chi connectivity index (χ4v) is 0. The molecule has 0 aromatic rings. The molecule has 0 atom stereocenters. The monoisotopic (exact) mass is 133 g/mol. The zero-order valence-electron chi connectivity index (χ0n) is 9.58. The van der Waals surface area contributed by atoms with Crippen LogP contribution in [-0.2, 0) is 0 Å². The van der Waals surface area contributed by atoms with E-state index in [4.69, 9.17) is 1.34 Å². The van der Waals surface area contributed by atoms with Gasteiger partial charge in [0.2, 0.25) is 0 Å². The highest BCUT2D eigenvalue weighted by Crippen LogP contribution is 1.15. The van der Waals surface area contributed by atoms with E-state index >= 15 is 0 Å². The molecule has 0 unspecified atom stereocenters. The van der Waals surface area contributed by atoms with Crippen molar-refractivity contribution in [2.45, 2.75) is 55.4 Å². The Kier molecular flexibility index (Phi) is 244000. The fraction of sp³-hybridized carbons (Fsp3) is 1.00. The summed E-state index contributed by atoms with van der Waals surface area (Å²) in [5, 5.41) is 0. The number of hydrogen-bond acceptors (Lipinski definition) is 0. The van der Waals surface area contributed by atoms with E-state index in [2.05, 4.69) is 8.38 Å². The zero-order valence-corrected chi connectivity index (χ0v) is 8.58. The first-order valence-electron chi connectivity index (χ1n) is 4.58. The average molecular weight is 133 g/mol. The van der Waals surface area contributed by atoms with Crippen LogP contribution in [0.4, 0.5) is 0 Å². The SMILES string of the molecule is CC.CC.CC.CC.[2H][B]. The first-order chi connectivity index (χ1) is 5.00. The van der Waals surface area contributed by atoms with Crippen LogP contribution in [0.2, 0.25) is 0 Å². The quantitative estimate of drug-likeness (QED) is 0.444. The van der Waals surface area contributed by atoms with Crippen LogP contribution < -0.4 is 0 Å². The first kappa shape index (κ1) is 23.0. The molecule has 0 amide bonds. The minimum absolute atomic E-state index is 2.00. The molecule has 0 N–H and O–H groups in total. The highest BCUT2D eigenvalue weighted by Gasteiger charge is 0.938. The Morgan fingerprint density at radius 1 is 0.556 bits per heavy atom. The lowest BCUT2D eigenvalue weighted by molar-refractivity contribution is 1.50. The summed E-state index contributed by atoms with van der Waals surface area (Å²) in [5.41, 5.74) is 0. The highest BCUT2D eigenvalue weighted by atomic mass is 13.0. The van der Waals surface area contributed by atoms with E-state index in [1.807, 2.05) is 55.4 Å². The zero-order chi connectivity index (χ0) is 10.0. The maximum atomic E-state index is 5.25. The molecule has 0 aromatic heterocycles. The van der Waals surface area contributed by atoms with Crippen LogP contribution >= 0.6 is 0 Å². The van der Waals surface area contributed by atoms with Gasteiger partial charge in [0.15, 0.2) is 0 Å². The van der Waals surface area contributed by atoms with Crippen LogP contribution in [0, 0.1) is 0 Å². The molecule has 9 heavy (non-hydrogen) atoms. The standard InChI is InChI=1S/4C2H6.BH/c4*1-2;/h4*1-2H3;1H/i;;;;1D. The van der Waals surface area contributed by atoms with Crippen molar-refractivity contribution in [2.75, 3.05) is 0 Å². The van der Waals surface area contributed by atoms with Crippen molar-refractivity contribution < 1.29 is 0 Å². The fourth-order valence-electron chi connectivity index (χ4n) is 0. The van der Waals surface area contributed by atoms with E-state index in [1.54, 1.807) is 0 Å². The van der Waals surface area contributed by atoms with Crippen LogP contribution in [0.1, 0.15) is 55.4 Å². The molecule has 1 heteroatoms. The molecule has 0 aliphatic heterocycles. The minimum Gasteiger partial charge on any atom is -0.0683 e. The van der Waals surface area contributed by atoms with Crippen molar-refractivity contribution in [1.82, 2.24) is 0 Å². The third-order valence-electron chi connectivity index (χ3n) is 0. The summed E-state index contributed by atoms with van der Waals surface area (Å²) in [7, 11) is 3.75. The van der Waals surface area contributed by atoms with Crippen molar-refractivity contribution in [2.24, 2.45) is 0 Å². The van der Waals surface area contributed by atoms with Gasteiger partial charge in [0.1, 0.15) is 0 Å².